The predicted octanol–water partition coefficient (Wildman–Crippen LogP) is 3.51. The number of hydrogen-bond acceptors (Lipinski definition) is 5. The van der Waals surface area contributed by atoms with Crippen molar-refractivity contribution in [2.75, 3.05) is 0 Å². The molecule has 4 rings (SSSR count). The first-order chi connectivity index (χ1) is 11.1. The maximum absolute atomic E-state index is 13.8. The maximum Gasteiger partial charge on any atom is 0.230 e. The summed E-state index contributed by atoms with van der Waals surface area (Å²) in [7, 11) is 0. The van der Waals surface area contributed by atoms with Gasteiger partial charge in [-0.05, 0) is 30.9 Å². The van der Waals surface area contributed by atoms with Crippen LogP contribution in [0.25, 0.3) is 0 Å². The first kappa shape index (κ1) is 14.0. The second kappa shape index (κ2) is 5.26. The minimum absolute atomic E-state index is 0.0141. The lowest BCUT2D eigenvalue weighted by Gasteiger charge is -2.00. The van der Waals surface area contributed by atoms with E-state index in [-0.39, 0.29) is 11.8 Å². The Labute approximate surface area is 130 Å². The summed E-state index contributed by atoms with van der Waals surface area (Å²) in [5.74, 6) is -0.134. The molecule has 1 fully saturated rings. The Hall–Kier alpha value is -2.57. The largest absolute Gasteiger partial charge is 0.364 e. The lowest BCUT2D eigenvalue weighted by atomic mass is 10.1. The Morgan fingerprint density at radius 3 is 2.83 bits per heavy atom. The lowest BCUT2D eigenvalue weighted by Crippen LogP contribution is -1.93. The molecule has 0 amide bonds. The van der Waals surface area contributed by atoms with E-state index in [2.05, 4.69) is 15.3 Å². The topological polar surface area (TPSA) is 65.0 Å². The number of rotatable bonds is 4. The summed E-state index contributed by atoms with van der Waals surface area (Å²) >= 11 is 0. The number of aromatic nitrogens is 3. The molecule has 0 saturated heterocycles. The van der Waals surface area contributed by atoms with E-state index in [0.717, 1.165) is 23.7 Å². The van der Waals surface area contributed by atoms with Crippen LogP contribution in [0, 0.1) is 18.6 Å². The van der Waals surface area contributed by atoms with Crippen molar-refractivity contribution in [3.8, 4) is 0 Å². The van der Waals surface area contributed by atoms with Crippen molar-refractivity contribution in [1.82, 2.24) is 15.3 Å². The molecule has 1 aliphatic carbocycles. The summed E-state index contributed by atoms with van der Waals surface area (Å²) in [4.78, 5) is 4.37. The van der Waals surface area contributed by atoms with E-state index in [0.29, 0.717) is 23.7 Å². The van der Waals surface area contributed by atoms with Gasteiger partial charge in [-0.1, -0.05) is 16.4 Å². The summed E-state index contributed by atoms with van der Waals surface area (Å²) in [5.41, 5.74) is 2.18. The van der Waals surface area contributed by atoms with Crippen LogP contribution in [-0.2, 0) is 6.42 Å². The molecule has 2 atom stereocenters. The number of aryl methyl sites for hydroxylation is 1. The molecule has 3 aromatic rings. The monoisotopic (exact) mass is 317 g/mol. The molecule has 0 aliphatic heterocycles. The highest BCUT2D eigenvalue weighted by molar-refractivity contribution is 5.32. The molecule has 118 valence electrons. The molecule has 0 unspecified atom stereocenters. The predicted molar refractivity (Wildman–Crippen MR) is 74.8 cm³/mol. The number of benzene rings is 1. The Morgan fingerprint density at radius 1 is 1.22 bits per heavy atom. The van der Waals surface area contributed by atoms with Gasteiger partial charge in [0.1, 0.15) is 17.9 Å². The molecular formula is C16H13F2N3O2. The van der Waals surface area contributed by atoms with Crippen LogP contribution in [0.1, 0.15) is 46.8 Å². The maximum atomic E-state index is 13.8. The highest BCUT2D eigenvalue weighted by Crippen LogP contribution is 2.54. The molecule has 0 N–H and O–H groups in total. The smallest absolute Gasteiger partial charge is 0.230 e. The van der Waals surface area contributed by atoms with Crippen LogP contribution < -0.4 is 0 Å². The van der Waals surface area contributed by atoms with Crippen molar-refractivity contribution < 1.29 is 17.8 Å². The molecule has 1 aromatic carbocycles. The number of hydrogen-bond donors (Lipinski definition) is 0. The summed E-state index contributed by atoms with van der Waals surface area (Å²) in [6.07, 6.45) is 2.75. The van der Waals surface area contributed by atoms with Gasteiger partial charge < -0.3 is 9.05 Å². The van der Waals surface area contributed by atoms with E-state index in [4.69, 9.17) is 9.05 Å². The first-order valence-corrected chi connectivity index (χ1v) is 7.29. The van der Waals surface area contributed by atoms with Crippen LogP contribution in [0.15, 0.2) is 33.5 Å². The Balaban J connectivity index is 1.49. The summed E-state index contributed by atoms with van der Waals surface area (Å²) in [5, 5.41) is 7.75. The molecule has 1 aliphatic rings. The van der Waals surface area contributed by atoms with E-state index >= 15 is 0 Å². The summed E-state index contributed by atoms with van der Waals surface area (Å²) in [6, 6.07) is 3.65. The summed E-state index contributed by atoms with van der Waals surface area (Å²) in [6.45, 7) is 1.84. The van der Waals surface area contributed by atoms with Gasteiger partial charge in [0.05, 0.1) is 5.69 Å². The van der Waals surface area contributed by atoms with Crippen molar-refractivity contribution in [2.45, 2.75) is 31.6 Å². The molecule has 0 radical (unpaired) electrons. The Morgan fingerprint density at radius 2 is 2.09 bits per heavy atom. The third-order valence-electron chi connectivity index (χ3n) is 4.15. The van der Waals surface area contributed by atoms with Gasteiger partial charge in [-0.25, -0.2) is 8.78 Å². The molecular weight excluding hydrogens is 304 g/mol. The zero-order valence-corrected chi connectivity index (χ0v) is 12.3. The fraction of sp³-hybridized carbons (Fsp3) is 0.312. The van der Waals surface area contributed by atoms with E-state index < -0.39 is 11.6 Å². The SMILES string of the molecule is Cc1nocc1Cc1noc([C@@H]2C[C@H]2c2ccc(F)cc2F)n1. The van der Waals surface area contributed by atoms with Gasteiger partial charge in [-0.3, -0.25) is 0 Å². The Kier molecular flexibility index (Phi) is 3.21. The average Bonchev–Trinajstić information content (AvgIpc) is 2.97. The van der Waals surface area contributed by atoms with E-state index in [9.17, 15) is 8.78 Å². The van der Waals surface area contributed by atoms with Crippen molar-refractivity contribution in [1.29, 1.82) is 0 Å². The second-order valence-electron chi connectivity index (χ2n) is 5.77. The standard InChI is InChI=1S/C16H13F2N3O2/c1-8-9(7-22-20-8)4-15-19-16(23-21-15)13-6-12(13)11-3-2-10(17)5-14(11)18/h2-3,5,7,12-13H,4,6H2,1H3/t12-,13+/m0/s1. The van der Waals surface area contributed by atoms with Crippen LogP contribution in [0.4, 0.5) is 8.78 Å². The number of nitrogens with zero attached hydrogens (tertiary/aromatic N) is 3. The van der Waals surface area contributed by atoms with E-state index in [1.807, 2.05) is 6.92 Å². The van der Waals surface area contributed by atoms with Crippen molar-refractivity contribution >= 4 is 0 Å². The zero-order chi connectivity index (χ0) is 16.0. The van der Waals surface area contributed by atoms with Gasteiger partial charge in [-0.15, -0.1) is 0 Å². The number of halogens is 2. The molecule has 1 saturated carbocycles. The molecule has 7 heteroatoms. The molecule has 5 nitrogen and oxygen atoms in total. The van der Waals surface area contributed by atoms with Crippen LogP contribution in [0.5, 0.6) is 0 Å². The molecule has 23 heavy (non-hydrogen) atoms. The van der Waals surface area contributed by atoms with Gasteiger partial charge >= 0.3 is 0 Å². The molecule has 2 aromatic heterocycles. The minimum atomic E-state index is -0.576. The van der Waals surface area contributed by atoms with E-state index in [1.54, 1.807) is 6.26 Å². The van der Waals surface area contributed by atoms with Crippen LogP contribution >= 0.6 is 0 Å². The zero-order valence-electron chi connectivity index (χ0n) is 12.3. The molecule has 0 spiro atoms. The van der Waals surface area contributed by atoms with Crippen molar-refractivity contribution in [3.05, 3.63) is 64.6 Å². The lowest BCUT2D eigenvalue weighted by molar-refractivity contribution is 0.373. The van der Waals surface area contributed by atoms with Crippen LogP contribution in [-0.4, -0.2) is 15.3 Å². The Bertz CT molecular complexity index is 859. The second-order valence-corrected chi connectivity index (χ2v) is 5.77. The van der Waals surface area contributed by atoms with Gasteiger partial charge in [0.25, 0.3) is 0 Å². The minimum Gasteiger partial charge on any atom is -0.364 e. The highest BCUT2D eigenvalue weighted by atomic mass is 19.1. The van der Waals surface area contributed by atoms with Crippen molar-refractivity contribution in [3.63, 3.8) is 0 Å². The summed E-state index contributed by atoms with van der Waals surface area (Å²) < 4.78 is 36.9. The highest BCUT2D eigenvalue weighted by Gasteiger charge is 2.45. The fourth-order valence-corrected chi connectivity index (χ4v) is 2.76. The van der Waals surface area contributed by atoms with Crippen molar-refractivity contribution in [2.24, 2.45) is 0 Å². The molecule has 2 heterocycles. The van der Waals surface area contributed by atoms with Crippen LogP contribution in [0.3, 0.4) is 0 Å². The molecule has 0 bridgehead atoms. The van der Waals surface area contributed by atoms with Gasteiger partial charge in [0.15, 0.2) is 5.82 Å². The van der Waals surface area contributed by atoms with Gasteiger partial charge in [0, 0.05) is 24.0 Å². The third-order valence-corrected chi connectivity index (χ3v) is 4.15. The third kappa shape index (κ3) is 2.62. The quantitative estimate of drug-likeness (QED) is 0.737. The normalized spacial score (nSPS) is 20.0. The van der Waals surface area contributed by atoms with E-state index in [1.165, 1.54) is 12.1 Å². The van der Waals surface area contributed by atoms with Gasteiger partial charge in [-0.2, -0.15) is 4.98 Å². The first-order valence-electron chi connectivity index (χ1n) is 7.29. The van der Waals surface area contributed by atoms with Gasteiger partial charge in [0.2, 0.25) is 5.89 Å². The fourth-order valence-electron chi connectivity index (χ4n) is 2.76. The van der Waals surface area contributed by atoms with Crippen LogP contribution in [0.2, 0.25) is 0 Å². The average molecular weight is 317 g/mol.